The molecule has 1 unspecified atom stereocenters. The van der Waals surface area contributed by atoms with E-state index < -0.39 is 0 Å². The van der Waals surface area contributed by atoms with Crippen LogP contribution in [0.25, 0.3) is 0 Å². The molecular weight excluding hydrogens is 350 g/mol. The molecule has 1 atom stereocenters. The molecule has 0 heterocycles. The van der Waals surface area contributed by atoms with E-state index in [0.29, 0.717) is 18.1 Å². The van der Waals surface area contributed by atoms with Crippen LogP contribution < -0.4 is 10.1 Å². The van der Waals surface area contributed by atoms with E-state index >= 15 is 0 Å². The van der Waals surface area contributed by atoms with Crippen LogP contribution in [0.5, 0.6) is 5.75 Å². The lowest BCUT2D eigenvalue weighted by molar-refractivity contribution is 0.313. The number of hydrogen-bond donors (Lipinski definition) is 1. The minimum absolute atomic E-state index is 0.466. The van der Waals surface area contributed by atoms with Gasteiger partial charge in [-0.15, -0.1) is 0 Å². The number of nitrogens with one attached hydrogen (secondary N) is 1. The Morgan fingerprint density at radius 1 is 1.33 bits per heavy atom. The van der Waals surface area contributed by atoms with Gasteiger partial charge in [0.15, 0.2) is 5.75 Å². The van der Waals surface area contributed by atoms with Crippen molar-refractivity contribution in [2.75, 3.05) is 11.9 Å². The predicted molar refractivity (Wildman–Crippen MR) is 94.6 cm³/mol. The van der Waals surface area contributed by atoms with Gasteiger partial charge in [-0.3, -0.25) is 0 Å². The quantitative estimate of drug-likeness (QED) is 0.627. The number of rotatable bonds is 4. The first-order chi connectivity index (χ1) is 9.91. The van der Waals surface area contributed by atoms with Crippen LogP contribution in [-0.2, 0) is 0 Å². The maximum Gasteiger partial charge on any atom is 0.156 e. The van der Waals surface area contributed by atoms with Crippen LogP contribution in [0.4, 0.5) is 5.69 Å². The number of halogens is 2. The lowest BCUT2D eigenvalue weighted by Crippen LogP contribution is -2.20. The van der Waals surface area contributed by atoms with Gasteiger partial charge in [-0.1, -0.05) is 31.9 Å². The summed E-state index contributed by atoms with van der Waals surface area (Å²) < 4.78 is 6.68. The monoisotopic (exact) mass is 373 g/mol. The Kier molecular flexibility index (Phi) is 5.84. The van der Waals surface area contributed by atoms with Gasteiger partial charge in [-0.2, -0.15) is 0 Å². The van der Waals surface area contributed by atoms with E-state index in [1.54, 1.807) is 0 Å². The second-order valence-electron chi connectivity index (χ2n) is 6.63. The normalized spacial score (nSPS) is 21.7. The lowest BCUT2D eigenvalue weighted by Gasteiger charge is -2.23. The molecule has 1 aromatic carbocycles. The van der Waals surface area contributed by atoms with E-state index in [1.807, 2.05) is 19.1 Å². The molecule has 1 fully saturated rings. The van der Waals surface area contributed by atoms with Crippen LogP contribution in [0.2, 0.25) is 5.02 Å². The van der Waals surface area contributed by atoms with Crippen molar-refractivity contribution in [2.45, 2.75) is 58.9 Å². The molecule has 0 amide bonds. The topological polar surface area (TPSA) is 21.3 Å². The zero-order chi connectivity index (χ0) is 15.5. The van der Waals surface area contributed by atoms with Gasteiger partial charge in [-0.05, 0) is 66.1 Å². The molecule has 2 rings (SSSR count). The fourth-order valence-corrected chi connectivity index (χ4v) is 3.91. The fourth-order valence-electron chi connectivity index (χ4n) is 2.98. The number of hydrogen-bond acceptors (Lipinski definition) is 2. The summed E-state index contributed by atoms with van der Waals surface area (Å²) in [7, 11) is 0. The summed E-state index contributed by atoms with van der Waals surface area (Å²) >= 11 is 9.74. The van der Waals surface area contributed by atoms with Crippen LogP contribution in [0, 0.1) is 5.41 Å². The smallest absolute Gasteiger partial charge is 0.156 e. The predicted octanol–water partition coefficient (Wildman–Crippen LogP) is 6.27. The van der Waals surface area contributed by atoms with Gasteiger partial charge in [-0.25, -0.2) is 0 Å². The third kappa shape index (κ3) is 4.79. The van der Waals surface area contributed by atoms with Crippen LogP contribution in [0.3, 0.4) is 0 Å². The van der Waals surface area contributed by atoms with Crippen LogP contribution in [0.1, 0.15) is 52.9 Å². The van der Waals surface area contributed by atoms with Gasteiger partial charge in [0.25, 0.3) is 0 Å². The Bertz CT molecular complexity index is 490. The first-order valence-electron chi connectivity index (χ1n) is 7.79. The molecule has 0 bridgehead atoms. The summed E-state index contributed by atoms with van der Waals surface area (Å²) in [6.07, 6.45) is 6.25. The maximum atomic E-state index is 6.19. The van der Waals surface area contributed by atoms with Crippen molar-refractivity contribution in [3.05, 3.63) is 21.6 Å². The zero-order valence-electron chi connectivity index (χ0n) is 13.1. The minimum Gasteiger partial charge on any atom is -0.491 e. The van der Waals surface area contributed by atoms with Crippen molar-refractivity contribution < 1.29 is 4.74 Å². The Hall–Kier alpha value is -0.410. The second kappa shape index (κ2) is 7.23. The molecular formula is C17H25BrClNO. The molecule has 1 N–H and O–H groups in total. The summed E-state index contributed by atoms with van der Waals surface area (Å²) in [5, 5.41) is 4.38. The average Bonchev–Trinajstić information content (AvgIpc) is 2.55. The number of benzene rings is 1. The average molecular weight is 375 g/mol. The first-order valence-corrected chi connectivity index (χ1v) is 8.97. The Labute approximate surface area is 141 Å². The molecule has 0 aromatic heterocycles. The van der Waals surface area contributed by atoms with Crippen LogP contribution >= 0.6 is 27.5 Å². The molecule has 0 saturated heterocycles. The lowest BCUT2D eigenvalue weighted by atomic mass is 9.85. The summed E-state index contributed by atoms with van der Waals surface area (Å²) in [5.74, 6) is 0.866. The van der Waals surface area contributed by atoms with Crippen molar-refractivity contribution in [3.8, 4) is 5.75 Å². The molecule has 0 aliphatic heterocycles. The largest absolute Gasteiger partial charge is 0.491 e. The molecule has 0 radical (unpaired) electrons. The van der Waals surface area contributed by atoms with E-state index in [1.165, 1.54) is 32.1 Å². The maximum absolute atomic E-state index is 6.19. The fraction of sp³-hybridized carbons (Fsp3) is 0.647. The summed E-state index contributed by atoms with van der Waals surface area (Å²) in [6, 6.07) is 4.35. The van der Waals surface area contributed by atoms with Crippen molar-refractivity contribution in [2.24, 2.45) is 5.41 Å². The summed E-state index contributed by atoms with van der Waals surface area (Å²) in [5.41, 5.74) is 1.47. The van der Waals surface area contributed by atoms with Gasteiger partial charge in [0.1, 0.15) is 0 Å². The van der Waals surface area contributed by atoms with E-state index in [4.69, 9.17) is 16.3 Å². The molecule has 2 nitrogen and oxygen atoms in total. The van der Waals surface area contributed by atoms with E-state index in [9.17, 15) is 0 Å². The first kappa shape index (κ1) is 17.0. The number of ether oxygens (including phenoxy) is 1. The van der Waals surface area contributed by atoms with Gasteiger partial charge < -0.3 is 10.1 Å². The zero-order valence-corrected chi connectivity index (χ0v) is 15.5. The minimum atomic E-state index is 0.466. The summed E-state index contributed by atoms with van der Waals surface area (Å²) in [4.78, 5) is 0. The van der Waals surface area contributed by atoms with Crippen LogP contribution in [-0.4, -0.2) is 12.6 Å². The highest BCUT2D eigenvalue weighted by Gasteiger charge is 2.25. The van der Waals surface area contributed by atoms with Crippen molar-refractivity contribution in [1.82, 2.24) is 0 Å². The van der Waals surface area contributed by atoms with Gasteiger partial charge in [0.05, 0.1) is 16.8 Å². The standard InChI is InChI=1S/C17H25BrClNO/c1-4-21-16-14(18)10-12(19)11-15(16)20-13-6-5-8-17(2,3)9-7-13/h10-11,13,20H,4-9H2,1-3H3. The van der Waals surface area contributed by atoms with Gasteiger partial charge >= 0.3 is 0 Å². The van der Waals surface area contributed by atoms with E-state index in [0.717, 1.165) is 20.9 Å². The van der Waals surface area contributed by atoms with Gasteiger partial charge in [0.2, 0.25) is 0 Å². The van der Waals surface area contributed by atoms with Gasteiger partial charge in [0, 0.05) is 11.1 Å². The van der Waals surface area contributed by atoms with Crippen LogP contribution in [0.15, 0.2) is 16.6 Å². The molecule has 1 aromatic rings. The third-order valence-corrected chi connectivity index (χ3v) is 5.04. The van der Waals surface area contributed by atoms with Crippen molar-refractivity contribution in [1.29, 1.82) is 0 Å². The van der Waals surface area contributed by atoms with Crippen molar-refractivity contribution in [3.63, 3.8) is 0 Å². The summed E-state index contributed by atoms with van der Waals surface area (Å²) in [6.45, 7) is 7.39. The molecule has 1 saturated carbocycles. The number of anilines is 1. The SMILES string of the molecule is CCOc1c(Br)cc(Cl)cc1NC1CCCC(C)(C)CC1. The molecule has 1 aliphatic rings. The highest BCUT2D eigenvalue weighted by molar-refractivity contribution is 9.10. The Morgan fingerprint density at radius 3 is 2.81 bits per heavy atom. The molecule has 118 valence electrons. The Morgan fingerprint density at radius 2 is 2.10 bits per heavy atom. The van der Waals surface area contributed by atoms with E-state index in [-0.39, 0.29) is 0 Å². The molecule has 21 heavy (non-hydrogen) atoms. The van der Waals surface area contributed by atoms with E-state index in [2.05, 4.69) is 35.1 Å². The third-order valence-electron chi connectivity index (χ3n) is 4.23. The second-order valence-corrected chi connectivity index (χ2v) is 7.92. The van der Waals surface area contributed by atoms with Crippen molar-refractivity contribution >= 4 is 33.2 Å². The highest BCUT2D eigenvalue weighted by atomic mass is 79.9. The Balaban J connectivity index is 2.15. The molecule has 1 aliphatic carbocycles. The molecule has 4 heteroatoms. The molecule has 0 spiro atoms. The highest BCUT2D eigenvalue weighted by Crippen LogP contribution is 2.39.